The summed E-state index contributed by atoms with van der Waals surface area (Å²) in [6.45, 7) is 11.6. The molecule has 8 heteroatoms. The molecule has 0 aliphatic heterocycles. The summed E-state index contributed by atoms with van der Waals surface area (Å²) in [4.78, 5) is 42.5. The number of alkyl carbamates (subject to hydrolysis) is 1. The van der Waals surface area contributed by atoms with Crippen molar-refractivity contribution in [3.63, 3.8) is 0 Å². The van der Waals surface area contributed by atoms with Crippen molar-refractivity contribution < 1.29 is 19.1 Å². The highest BCUT2D eigenvalue weighted by molar-refractivity contribution is 7.98. The van der Waals surface area contributed by atoms with Gasteiger partial charge in [-0.1, -0.05) is 67.6 Å². The summed E-state index contributed by atoms with van der Waals surface area (Å²) in [6, 6.07) is 17.2. The van der Waals surface area contributed by atoms with Crippen molar-refractivity contribution in [3.05, 3.63) is 71.8 Å². The predicted octanol–water partition coefficient (Wildman–Crippen LogP) is 5.71. The third-order valence-electron chi connectivity index (χ3n) is 6.29. The Labute approximate surface area is 232 Å². The van der Waals surface area contributed by atoms with E-state index in [9.17, 15) is 14.4 Å². The number of nitrogens with zero attached hydrogens (tertiary/aromatic N) is 1. The van der Waals surface area contributed by atoms with Gasteiger partial charge in [0.1, 0.15) is 17.7 Å². The molecule has 0 fully saturated rings. The average molecular weight is 542 g/mol. The molecule has 0 aliphatic rings. The lowest BCUT2D eigenvalue weighted by Gasteiger charge is -2.44. The van der Waals surface area contributed by atoms with Crippen LogP contribution < -0.4 is 10.6 Å². The number of hydrogen-bond acceptors (Lipinski definition) is 5. The monoisotopic (exact) mass is 541 g/mol. The van der Waals surface area contributed by atoms with Gasteiger partial charge < -0.3 is 20.3 Å². The standard InChI is InChI=1S/C30H43N3O4S/c1-8-30(5,6)33(27(35)24(19-20-38-7)32-28(36)37-29(2,3)4)25(23-17-13-10-14-18-23)26(34)31-21-22-15-11-9-12-16-22/h9-18,24-25H,8,19-21H2,1-7H3,(H,31,34)(H,32,36). The second-order valence-corrected chi connectivity index (χ2v) is 11.9. The van der Waals surface area contributed by atoms with Crippen molar-refractivity contribution in [2.24, 2.45) is 0 Å². The SMILES string of the molecule is CCC(C)(C)N(C(=O)C(CCSC)NC(=O)OC(C)(C)C)C(C(=O)NCc1ccccc1)c1ccccc1. The molecule has 3 amide bonds. The van der Waals surface area contributed by atoms with E-state index in [1.165, 1.54) is 0 Å². The normalized spacial score (nSPS) is 13.2. The molecule has 0 aliphatic carbocycles. The number of amides is 3. The van der Waals surface area contributed by atoms with Crippen LogP contribution in [0.1, 0.15) is 71.6 Å². The first-order valence-electron chi connectivity index (χ1n) is 13.1. The van der Waals surface area contributed by atoms with Crippen LogP contribution in [0.3, 0.4) is 0 Å². The summed E-state index contributed by atoms with van der Waals surface area (Å²) in [5.74, 6) is 0.0549. The number of hydrogen-bond donors (Lipinski definition) is 2. The summed E-state index contributed by atoms with van der Waals surface area (Å²) >= 11 is 1.59. The third-order valence-corrected chi connectivity index (χ3v) is 6.93. The van der Waals surface area contributed by atoms with Crippen LogP contribution in [0.4, 0.5) is 4.79 Å². The van der Waals surface area contributed by atoms with Gasteiger partial charge in [-0.05, 0) is 70.6 Å². The van der Waals surface area contributed by atoms with Crippen LogP contribution in [0.25, 0.3) is 0 Å². The zero-order chi connectivity index (χ0) is 28.3. The number of benzene rings is 2. The van der Waals surface area contributed by atoms with Gasteiger partial charge in [-0.2, -0.15) is 11.8 Å². The maximum atomic E-state index is 14.3. The zero-order valence-electron chi connectivity index (χ0n) is 23.7. The summed E-state index contributed by atoms with van der Waals surface area (Å²) in [5.41, 5.74) is 0.275. The minimum atomic E-state index is -0.889. The number of carbonyl (C=O) groups is 3. The first-order valence-corrected chi connectivity index (χ1v) is 14.5. The Morgan fingerprint density at radius 2 is 1.53 bits per heavy atom. The Hall–Kier alpha value is -3.00. The molecule has 0 saturated carbocycles. The largest absolute Gasteiger partial charge is 0.444 e. The van der Waals surface area contributed by atoms with Crippen LogP contribution in [-0.4, -0.2) is 52.0 Å². The fourth-order valence-corrected chi connectivity index (χ4v) is 4.46. The fraction of sp³-hybridized carbons (Fsp3) is 0.500. The molecule has 2 aromatic rings. The van der Waals surface area contributed by atoms with E-state index < -0.39 is 29.3 Å². The van der Waals surface area contributed by atoms with E-state index in [0.717, 1.165) is 5.56 Å². The summed E-state index contributed by atoms with van der Waals surface area (Å²) in [7, 11) is 0. The number of thioether (sulfide) groups is 1. The minimum Gasteiger partial charge on any atom is -0.444 e. The Morgan fingerprint density at radius 3 is 2.05 bits per heavy atom. The van der Waals surface area contributed by atoms with E-state index in [0.29, 0.717) is 30.7 Å². The second-order valence-electron chi connectivity index (χ2n) is 10.9. The molecule has 2 atom stereocenters. The van der Waals surface area contributed by atoms with Gasteiger partial charge in [-0.3, -0.25) is 9.59 Å². The smallest absolute Gasteiger partial charge is 0.408 e. The number of ether oxygens (including phenoxy) is 1. The third kappa shape index (κ3) is 9.39. The van der Waals surface area contributed by atoms with Crippen LogP contribution in [0.5, 0.6) is 0 Å². The maximum absolute atomic E-state index is 14.3. The summed E-state index contributed by atoms with van der Waals surface area (Å²) in [6.07, 6.45) is 2.31. The molecule has 2 N–H and O–H groups in total. The minimum absolute atomic E-state index is 0.282. The predicted molar refractivity (Wildman–Crippen MR) is 155 cm³/mol. The van der Waals surface area contributed by atoms with Crippen molar-refractivity contribution in [1.29, 1.82) is 0 Å². The van der Waals surface area contributed by atoms with Gasteiger partial charge in [0.05, 0.1) is 0 Å². The lowest BCUT2D eigenvalue weighted by molar-refractivity contribution is -0.149. The molecule has 208 valence electrons. The maximum Gasteiger partial charge on any atom is 0.408 e. The van der Waals surface area contributed by atoms with Gasteiger partial charge >= 0.3 is 6.09 Å². The average Bonchev–Trinajstić information content (AvgIpc) is 2.87. The van der Waals surface area contributed by atoms with Crippen LogP contribution in [-0.2, 0) is 20.9 Å². The molecular weight excluding hydrogens is 498 g/mol. The highest BCUT2D eigenvalue weighted by Crippen LogP contribution is 2.32. The van der Waals surface area contributed by atoms with E-state index >= 15 is 0 Å². The van der Waals surface area contributed by atoms with E-state index in [1.807, 2.05) is 87.7 Å². The summed E-state index contributed by atoms with van der Waals surface area (Å²) in [5, 5.41) is 5.82. The van der Waals surface area contributed by atoms with Crippen LogP contribution in [0.15, 0.2) is 60.7 Å². The Balaban J connectivity index is 2.50. The van der Waals surface area contributed by atoms with Crippen molar-refractivity contribution in [3.8, 4) is 0 Å². The van der Waals surface area contributed by atoms with Crippen molar-refractivity contribution >= 4 is 29.7 Å². The quantitative estimate of drug-likeness (QED) is 0.360. The van der Waals surface area contributed by atoms with Crippen molar-refractivity contribution in [2.45, 2.75) is 84.2 Å². The lowest BCUT2D eigenvalue weighted by Crippen LogP contribution is -2.59. The van der Waals surface area contributed by atoms with Gasteiger partial charge in [-0.25, -0.2) is 4.79 Å². The second kappa shape index (κ2) is 14.2. The summed E-state index contributed by atoms with van der Waals surface area (Å²) < 4.78 is 5.46. The van der Waals surface area contributed by atoms with Crippen LogP contribution in [0, 0.1) is 0 Å². The molecule has 38 heavy (non-hydrogen) atoms. The highest BCUT2D eigenvalue weighted by Gasteiger charge is 2.42. The molecule has 2 unspecified atom stereocenters. The van der Waals surface area contributed by atoms with Crippen LogP contribution >= 0.6 is 11.8 Å². The molecule has 0 spiro atoms. The highest BCUT2D eigenvalue weighted by atomic mass is 32.2. The number of nitrogens with one attached hydrogen (secondary N) is 2. The first-order chi connectivity index (χ1) is 17.9. The molecule has 7 nitrogen and oxygen atoms in total. The first kappa shape index (κ1) is 31.2. The number of carbonyl (C=O) groups excluding carboxylic acids is 3. The molecular formula is C30H43N3O4S. The topological polar surface area (TPSA) is 87.7 Å². The fourth-order valence-electron chi connectivity index (χ4n) is 3.99. The molecule has 0 bridgehead atoms. The molecule has 2 aromatic carbocycles. The number of rotatable bonds is 12. The van der Waals surface area contributed by atoms with E-state index in [2.05, 4.69) is 10.6 Å². The zero-order valence-corrected chi connectivity index (χ0v) is 24.6. The van der Waals surface area contributed by atoms with Crippen molar-refractivity contribution in [1.82, 2.24) is 15.5 Å². The molecule has 0 radical (unpaired) electrons. The van der Waals surface area contributed by atoms with E-state index in [4.69, 9.17) is 4.74 Å². The molecule has 2 rings (SSSR count). The Morgan fingerprint density at radius 1 is 0.947 bits per heavy atom. The van der Waals surface area contributed by atoms with Gasteiger partial charge in [-0.15, -0.1) is 0 Å². The molecule has 0 saturated heterocycles. The Kier molecular flexibility index (Phi) is 11.7. The van der Waals surface area contributed by atoms with Gasteiger partial charge in [0, 0.05) is 12.1 Å². The Bertz CT molecular complexity index is 1040. The van der Waals surface area contributed by atoms with Crippen molar-refractivity contribution in [2.75, 3.05) is 12.0 Å². The van der Waals surface area contributed by atoms with Crippen LogP contribution in [0.2, 0.25) is 0 Å². The van der Waals surface area contributed by atoms with Gasteiger partial charge in [0.15, 0.2) is 0 Å². The van der Waals surface area contributed by atoms with Gasteiger partial charge in [0.25, 0.3) is 0 Å². The van der Waals surface area contributed by atoms with E-state index in [-0.39, 0.29) is 11.8 Å². The molecule has 0 aromatic heterocycles. The molecule has 0 heterocycles. The van der Waals surface area contributed by atoms with E-state index in [1.54, 1.807) is 37.4 Å². The lowest BCUT2D eigenvalue weighted by atomic mass is 9.91. The van der Waals surface area contributed by atoms with Gasteiger partial charge in [0.2, 0.25) is 11.8 Å².